The fourth-order valence-corrected chi connectivity index (χ4v) is 3.71. The van der Waals surface area contributed by atoms with Crippen LogP contribution in [0.2, 0.25) is 10.0 Å². The largest absolute Gasteiger partial charge is 0.350 e. The van der Waals surface area contributed by atoms with Gasteiger partial charge in [0.25, 0.3) is 0 Å². The summed E-state index contributed by atoms with van der Waals surface area (Å²) in [6, 6.07) is 4.83. The molecule has 1 saturated heterocycles. The van der Waals surface area contributed by atoms with Crippen molar-refractivity contribution >= 4 is 40.7 Å². The van der Waals surface area contributed by atoms with Crippen LogP contribution in [0, 0.1) is 0 Å². The molecule has 1 saturated carbocycles. The Morgan fingerprint density at radius 2 is 1.96 bits per heavy atom. The van der Waals surface area contributed by atoms with Crippen LogP contribution < -0.4 is 16.0 Å². The van der Waals surface area contributed by atoms with Crippen LogP contribution >= 0.6 is 23.2 Å². The molecule has 3 atom stereocenters. The predicted octanol–water partition coefficient (Wildman–Crippen LogP) is 2.72. The summed E-state index contributed by atoms with van der Waals surface area (Å²) in [5.41, 5.74) is 0.493. The monoisotopic (exact) mass is 355 g/mol. The third-order valence-corrected chi connectivity index (χ3v) is 4.97. The van der Waals surface area contributed by atoms with E-state index in [1.807, 2.05) is 0 Å². The molecule has 23 heavy (non-hydrogen) atoms. The van der Waals surface area contributed by atoms with E-state index in [1.165, 1.54) is 0 Å². The molecular weight excluding hydrogens is 337 g/mol. The smallest absolute Gasteiger partial charge is 0.237 e. The standard InChI is InChI=1S/C16H19Cl2N3O2/c17-9-5-6-11(10(18)7-9)20-15(22)8-14-16(23)21-13-4-2-1-3-12(13)19-14/h5-7,12-14,19H,1-4,8H2,(H,20,22)(H,21,23)/t12-,13-,14+/m0/s1. The minimum Gasteiger partial charge on any atom is -0.350 e. The molecule has 124 valence electrons. The second kappa shape index (κ2) is 7.07. The first-order chi connectivity index (χ1) is 11.0. The van der Waals surface area contributed by atoms with Crippen LogP contribution in [0.1, 0.15) is 32.1 Å². The Balaban J connectivity index is 1.59. The topological polar surface area (TPSA) is 70.2 Å². The Hall–Kier alpha value is -1.30. The molecule has 2 amide bonds. The molecule has 0 unspecified atom stereocenters. The highest BCUT2D eigenvalue weighted by Gasteiger charge is 2.36. The predicted molar refractivity (Wildman–Crippen MR) is 90.8 cm³/mol. The Morgan fingerprint density at radius 1 is 1.22 bits per heavy atom. The summed E-state index contributed by atoms with van der Waals surface area (Å²) in [6.45, 7) is 0. The zero-order valence-corrected chi connectivity index (χ0v) is 14.1. The summed E-state index contributed by atoms with van der Waals surface area (Å²) in [7, 11) is 0. The molecule has 3 rings (SSSR count). The molecule has 0 radical (unpaired) electrons. The van der Waals surface area contributed by atoms with Gasteiger partial charge < -0.3 is 16.0 Å². The van der Waals surface area contributed by atoms with Crippen molar-refractivity contribution in [3.05, 3.63) is 28.2 Å². The molecule has 1 aromatic carbocycles. The van der Waals surface area contributed by atoms with E-state index in [4.69, 9.17) is 23.2 Å². The maximum absolute atomic E-state index is 12.2. The van der Waals surface area contributed by atoms with Crippen molar-refractivity contribution in [2.75, 3.05) is 5.32 Å². The molecule has 0 bridgehead atoms. The van der Waals surface area contributed by atoms with Crippen molar-refractivity contribution in [2.45, 2.75) is 50.2 Å². The maximum Gasteiger partial charge on any atom is 0.237 e. The molecule has 2 aliphatic rings. The first kappa shape index (κ1) is 16.6. The molecule has 2 fully saturated rings. The van der Waals surface area contributed by atoms with Crippen LogP contribution in [-0.2, 0) is 9.59 Å². The summed E-state index contributed by atoms with van der Waals surface area (Å²) in [5.74, 6) is -0.360. The highest BCUT2D eigenvalue weighted by molar-refractivity contribution is 6.36. The lowest BCUT2D eigenvalue weighted by molar-refractivity contribution is -0.129. The van der Waals surface area contributed by atoms with Gasteiger partial charge in [-0.05, 0) is 31.0 Å². The minimum atomic E-state index is -0.500. The van der Waals surface area contributed by atoms with E-state index in [0.29, 0.717) is 15.7 Å². The highest BCUT2D eigenvalue weighted by Crippen LogP contribution is 2.26. The number of hydrogen-bond donors (Lipinski definition) is 3. The third-order valence-electron chi connectivity index (χ3n) is 4.42. The van der Waals surface area contributed by atoms with Gasteiger partial charge in [-0.25, -0.2) is 0 Å². The fourth-order valence-electron chi connectivity index (χ4n) is 3.25. The van der Waals surface area contributed by atoms with Crippen molar-refractivity contribution in [1.82, 2.24) is 10.6 Å². The number of benzene rings is 1. The van der Waals surface area contributed by atoms with E-state index >= 15 is 0 Å². The van der Waals surface area contributed by atoms with Crippen molar-refractivity contribution in [3.8, 4) is 0 Å². The summed E-state index contributed by atoms with van der Waals surface area (Å²) in [6.07, 6.45) is 4.41. The van der Waals surface area contributed by atoms with Gasteiger partial charge in [-0.1, -0.05) is 36.0 Å². The first-order valence-electron chi connectivity index (χ1n) is 7.84. The molecule has 1 aromatic rings. The molecule has 1 heterocycles. The van der Waals surface area contributed by atoms with E-state index in [1.54, 1.807) is 18.2 Å². The number of anilines is 1. The molecule has 1 aliphatic carbocycles. The lowest BCUT2D eigenvalue weighted by Gasteiger charge is -2.40. The van der Waals surface area contributed by atoms with Crippen molar-refractivity contribution in [2.24, 2.45) is 0 Å². The van der Waals surface area contributed by atoms with Gasteiger partial charge in [0.05, 0.1) is 23.2 Å². The Bertz CT molecular complexity index is 623. The van der Waals surface area contributed by atoms with Crippen molar-refractivity contribution < 1.29 is 9.59 Å². The molecule has 3 N–H and O–H groups in total. The van der Waals surface area contributed by atoms with Crippen LogP contribution in [0.15, 0.2) is 18.2 Å². The molecule has 5 nitrogen and oxygen atoms in total. The summed E-state index contributed by atoms with van der Waals surface area (Å²) in [5, 5.41) is 9.96. The summed E-state index contributed by atoms with van der Waals surface area (Å²) >= 11 is 11.9. The average molecular weight is 356 g/mol. The maximum atomic E-state index is 12.2. The molecule has 7 heteroatoms. The second-order valence-corrected chi connectivity index (χ2v) is 6.95. The molecule has 1 aliphatic heterocycles. The number of hydrogen-bond acceptors (Lipinski definition) is 3. The van der Waals surface area contributed by atoms with Gasteiger partial charge in [-0.3, -0.25) is 9.59 Å². The second-order valence-electron chi connectivity index (χ2n) is 6.10. The van der Waals surface area contributed by atoms with Gasteiger partial charge >= 0.3 is 0 Å². The number of carbonyl (C=O) groups excluding carboxylic acids is 2. The lowest BCUT2D eigenvalue weighted by Crippen LogP contribution is -2.65. The van der Waals surface area contributed by atoms with Crippen molar-refractivity contribution in [1.29, 1.82) is 0 Å². The normalized spacial score (nSPS) is 27.0. The van der Waals surface area contributed by atoms with Gasteiger partial charge in [0.1, 0.15) is 0 Å². The number of carbonyl (C=O) groups is 2. The van der Waals surface area contributed by atoms with Crippen LogP contribution in [0.3, 0.4) is 0 Å². The van der Waals surface area contributed by atoms with E-state index in [0.717, 1.165) is 25.7 Å². The van der Waals surface area contributed by atoms with E-state index in [9.17, 15) is 9.59 Å². The van der Waals surface area contributed by atoms with E-state index < -0.39 is 6.04 Å². The minimum absolute atomic E-state index is 0.0774. The first-order valence-corrected chi connectivity index (χ1v) is 8.60. The molecule has 0 aromatic heterocycles. The zero-order valence-electron chi connectivity index (χ0n) is 12.6. The fraction of sp³-hybridized carbons (Fsp3) is 0.500. The quantitative estimate of drug-likeness (QED) is 0.780. The van der Waals surface area contributed by atoms with Crippen LogP contribution in [0.4, 0.5) is 5.69 Å². The van der Waals surface area contributed by atoms with Crippen LogP contribution in [0.25, 0.3) is 0 Å². The van der Waals surface area contributed by atoms with Gasteiger partial charge in [0, 0.05) is 17.1 Å². The van der Waals surface area contributed by atoms with Gasteiger partial charge in [0.15, 0.2) is 0 Å². The van der Waals surface area contributed by atoms with E-state index in [-0.39, 0.29) is 30.3 Å². The van der Waals surface area contributed by atoms with Gasteiger partial charge in [-0.2, -0.15) is 0 Å². The summed E-state index contributed by atoms with van der Waals surface area (Å²) in [4.78, 5) is 24.4. The number of rotatable bonds is 3. The SMILES string of the molecule is O=C(C[C@H]1N[C@H]2CCCC[C@@H]2NC1=O)Nc1ccc(Cl)cc1Cl. The third kappa shape index (κ3) is 3.97. The number of nitrogens with one attached hydrogen (secondary N) is 3. The van der Waals surface area contributed by atoms with Crippen LogP contribution in [-0.4, -0.2) is 29.9 Å². The number of amides is 2. The zero-order chi connectivity index (χ0) is 16.4. The average Bonchev–Trinajstić information content (AvgIpc) is 2.51. The number of piperazine rings is 1. The Morgan fingerprint density at radius 3 is 2.70 bits per heavy atom. The van der Waals surface area contributed by atoms with Crippen LogP contribution in [0.5, 0.6) is 0 Å². The molecular formula is C16H19Cl2N3O2. The molecule has 0 spiro atoms. The van der Waals surface area contributed by atoms with Gasteiger partial charge in [-0.15, -0.1) is 0 Å². The Labute approximate surface area is 145 Å². The highest BCUT2D eigenvalue weighted by atomic mass is 35.5. The number of halogens is 2. The Kier molecular flexibility index (Phi) is 5.09. The lowest BCUT2D eigenvalue weighted by atomic mass is 9.87. The summed E-state index contributed by atoms with van der Waals surface area (Å²) < 4.78 is 0. The van der Waals surface area contributed by atoms with E-state index in [2.05, 4.69) is 16.0 Å². The van der Waals surface area contributed by atoms with Gasteiger partial charge in [0.2, 0.25) is 11.8 Å². The van der Waals surface area contributed by atoms with Crippen molar-refractivity contribution in [3.63, 3.8) is 0 Å². The number of fused-ring (bicyclic) bond motifs is 1.